The molecule has 0 saturated heterocycles. The Bertz CT molecular complexity index is 594. The second-order valence-electron chi connectivity index (χ2n) is 4.76. The molecule has 0 unspecified atom stereocenters. The minimum atomic E-state index is -0.609. The number of rotatable bonds is 5. The molecule has 0 bridgehead atoms. The average Bonchev–Trinajstić information content (AvgIpc) is 2.70. The molecule has 5 nitrogen and oxygen atoms in total. The molecule has 1 atom stereocenters. The molecule has 1 aromatic carbocycles. The van der Waals surface area contributed by atoms with Crippen molar-refractivity contribution in [2.24, 2.45) is 0 Å². The summed E-state index contributed by atoms with van der Waals surface area (Å²) in [4.78, 5) is 25.4. The van der Waals surface area contributed by atoms with Crippen LogP contribution >= 0.6 is 11.6 Å². The van der Waals surface area contributed by atoms with E-state index in [9.17, 15) is 14.7 Å². The number of Topliss-reactive ketones (excluding diaryl/α,β-unsaturated/α-hetero) is 1. The van der Waals surface area contributed by atoms with Crippen LogP contribution in [-0.4, -0.2) is 42.0 Å². The fraction of sp³-hybridized carbons (Fsp3) is 0.333. The molecule has 1 heterocycles. The van der Waals surface area contributed by atoms with Crippen LogP contribution in [0.3, 0.4) is 0 Å². The van der Waals surface area contributed by atoms with Crippen LogP contribution in [0.1, 0.15) is 18.5 Å². The number of carbonyl (C=O) groups is 2. The van der Waals surface area contributed by atoms with Gasteiger partial charge in [-0.3, -0.25) is 9.59 Å². The number of aliphatic hydroxyl groups is 1. The molecule has 1 N–H and O–H groups in total. The zero-order chi connectivity index (χ0) is 15.6. The summed E-state index contributed by atoms with van der Waals surface area (Å²) in [5.74, 6) is -1.38. The number of hydrogen-bond acceptors (Lipinski definition) is 4. The highest BCUT2D eigenvalue weighted by Crippen LogP contribution is 2.37. The van der Waals surface area contributed by atoms with Gasteiger partial charge in [-0.05, 0) is 24.6 Å². The second kappa shape index (κ2) is 6.28. The van der Waals surface area contributed by atoms with Crippen molar-refractivity contribution in [1.82, 2.24) is 4.90 Å². The normalized spacial score (nSPS) is 18.5. The molecule has 1 aliphatic heterocycles. The maximum atomic E-state index is 12.2. The van der Waals surface area contributed by atoms with E-state index in [-0.39, 0.29) is 17.9 Å². The molecule has 0 aromatic heterocycles. The van der Waals surface area contributed by atoms with Crippen molar-refractivity contribution in [2.75, 3.05) is 20.3 Å². The van der Waals surface area contributed by atoms with Crippen LogP contribution in [0.4, 0.5) is 0 Å². The molecule has 0 radical (unpaired) electrons. The lowest BCUT2D eigenvalue weighted by atomic mass is 9.97. The summed E-state index contributed by atoms with van der Waals surface area (Å²) in [6.07, 6.45) is 0. The zero-order valence-electron chi connectivity index (χ0n) is 11.8. The SMILES string of the molecule is COCCN1C(=O)C(O)=C(C(C)=O)[C@H]1c1ccc(Cl)cc1. The van der Waals surface area contributed by atoms with E-state index in [2.05, 4.69) is 0 Å². The lowest BCUT2D eigenvalue weighted by Crippen LogP contribution is -2.33. The summed E-state index contributed by atoms with van der Waals surface area (Å²) in [5, 5.41) is 10.5. The lowest BCUT2D eigenvalue weighted by molar-refractivity contribution is -0.130. The van der Waals surface area contributed by atoms with E-state index in [0.29, 0.717) is 11.6 Å². The number of amides is 1. The highest BCUT2D eigenvalue weighted by atomic mass is 35.5. The summed E-state index contributed by atoms with van der Waals surface area (Å²) in [6.45, 7) is 1.93. The second-order valence-corrected chi connectivity index (χ2v) is 5.20. The van der Waals surface area contributed by atoms with Gasteiger partial charge < -0.3 is 14.7 Å². The molecule has 1 aliphatic rings. The van der Waals surface area contributed by atoms with Crippen molar-refractivity contribution in [3.8, 4) is 0 Å². The van der Waals surface area contributed by atoms with E-state index in [1.807, 2.05) is 0 Å². The summed E-state index contributed by atoms with van der Waals surface area (Å²) in [7, 11) is 1.52. The average molecular weight is 310 g/mol. The lowest BCUT2D eigenvalue weighted by Gasteiger charge is -2.26. The van der Waals surface area contributed by atoms with Crippen LogP contribution in [0.5, 0.6) is 0 Å². The van der Waals surface area contributed by atoms with Crippen LogP contribution in [0.2, 0.25) is 5.02 Å². The van der Waals surface area contributed by atoms with Crippen LogP contribution in [-0.2, 0) is 14.3 Å². The third kappa shape index (κ3) is 2.94. The van der Waals surface area contributed by atoms with Gasteiger partial charge in [0.05, 0.1) is 18.2 Å². The monoisotopic (exact) mass is 309 g/mol. The van der Waals surface area contributed by atoms with Gasteiger partial charge in [-0.25, -0.2) is 0 Å². The number of ketones is 1. The quantitative estimate of drug-likeness (QED) is 0.906. The number of nitrogens with zero attached hydrogens (tertiary/aromatic N) is 1. The first-order chi connectivity index (χ1) is 9.97. The minimum Gasteiger partial charge on any atom is -0.503 e. The fourth-order valence-electron chi connectivity index (χ4n) is 2.43. The van der Waals surface area contributed by atoms with Gasteiger partial charge in [0.25, 0.3) is 5.91 Å². The van der Waals surface area contributed by atoms with E-state index >= 15 is 0 Å². The van der Waals surface area contributed by atoms with Gasteiger partial charge in [-0.2, -0.15) is 0 Å². The van der Waals surface area contributed by atoms with Crippen molar-refractivity contribution in [2.45, 2.75) is 13.0 Å². The summed E-state index contributed by atoms with van der Waals surface area (Å²) in [5.41, 5.74) is 0.830. The Morgan fingerprint density at radius 2 is 2.00 bits per heavy atom. The van der Waals surface area contributed by atoms with Crippen molar-refractivity contribution in [3.05, 3.63) is 46.2 Å². The Kier molecular flexibility index (Phi) is 4.65. The molecule has 1 amide bonds. The number of carbonyl (C=O) groups excluding carboxylic acids is 2. The Hall–Kier alpha value is -1.85. The number of methoxy groups -OCH3 is 1. The van der Waals surface area contributed by atoms with Crippen LogP contribution in [0.25, 0.3) is 0 Å². The molecule has 6 heteroatoms. The first-order valence-corrected chi connectivity index (χ1v) is 6.84. The van der Waals surface area contributed by atoms with E-state index < -0.39 is 17.7 Å². The van der Waals surface area contributed by atoms with Gasteiger partial charge in [0.1, 0.15) is 0 Å². The summed E-state index contributed by atoms with van der Waals surface area (Å²) >= 11 is 5.87. The van der Waals surface area contributed by atoms with E-state index in [1.165, 1.54) is 18.9 Å². The van der Waals surface area contributed by atoms with Crippen molar-refractivity contribution in [1.29, 1.82) is 0 Å². The highest BCUT2D eigenvalue weighted by Gasteiger charge is 2.41. The molecule has 0 saturated carbocycles. The van der Waals surface area contributed by atoms with Gasteiger partial charge in [0.15, 0.2) is 11.5 Å². The maximum absolute atomic E-state index is 12.2. The van der Waals surface area contributed by atoms with Crippen LogP contribution in [0, 0.1) is 0 Å². The molecule has 0 spiro atoms. The molecule has 0 aliphatic carbocycles. The molecule has 112 valence electrons. The van der Waals surface area contributed by atoms with Crippen molar-refractivity contribution in [3.63, 3.8) is 0 Å². The topological polar surface area (TPSA) is 66.8 Å². The number of ether oxygens (including phenoxy) is 1. The molecular formula is C15H16ClNO4. The largest absolute Gasteiger partial charge is 0.503 e. The number of benzene rings is 1. The van der Waals surface area contributed by atoms with E-state index in [0.717, 1.165) is 5.56 Å². The van der Waals surface area contributed by atoms with E-state index in [4.69, 9.17) is 16.3 Å². The zero-order valence-corrected chi connectivity index (χ0v) is 12.6. The number of halogens is 1. The first-order valence-electron chi connectivity index (χ1n) is 6.46. The maximum Gasteiger partial charge on any atom is 0.290 e. The third-order valence-corrected chi connectivity index (χ3v) is 3.66. The van der Waals surface area contributed by atoms with Gasteiger partial charge in [-0.1, -0.05) is 23.7 Å². The van der Waals surface area contributed by atoms with Crippen molar-refractivity contribution < 1.29 is 19.4 Å². The minimum absolute atomic E-state index is 0.110. The Morgan fingerprint density at radius 3 is 2.52 bits per heavy atom. The van der Waals surface area contributed by atoms with E-state index in [1.54, 1.807) is 24.3 Å². The number of hydrogen-bond donors (Lipinski definition) is 1. The summed E-state index contributed by atoms with van der Waals surface area (Å²) in [6, 6.07) is 6.23. The predicted octanol–water partition coefficient (Wildman–Crippen LogP) is 2.27. The molecule has 2 rings (SSSR count). The van der Waals surface area contributed by atoms with Crippen LogP contribution < -0.4 is 0 Å². The highest BCUT2D eigenvalue weighted by molar-refractivity contribution is 6.30. The van der Waals surface area contributed by atoms with Gasteiger partial charge in [-0.15, -0.1) is 0 Å². The van der Waals surface area contributed by atoms with Crippen molar-refractivity contribution >= 4 is 23.3 Å². The summed E-state index contributed by atoms with van der Waals surface area (Å²) < 4.78 is 4.99. The molecule has 21 heavy (non-hydrogen) atoms. The Morgan fingerprint density at radius 1 is 1.38 bits per heavy atom. The number of aliphatic hydroxyl groups excluding tert-OH is 1. The Labute approximate surface area is 127 Å². The predicted molar refractivity (Wildman–Crippen MR) is 78.1 cm³/mol. The Balaban J connectivity index is 2.46. The third-order valence-electron chi connectivity index (χ3n) is 3.41. The standard InChI is InChI=1S/C15H16ClNO4/c1-9(18)12-13(10-3-5-11(16)6-4-10)17(7-8-21-2)15(20)14(12)19/h3-6,13,19H,7-8H2,1-2H3/t13-/m1/s1. The van der Waals surface area contributed by atoms with Crippen LogP contribution in [0.15, 0.2) is 35.6 Å². The van der Waals surface area contributed by atoms with Gasteiger partial charge >= 0.3 is 0 Å². The molecule has 0 fully saturated rings. The fourth-order valence-corrected chi connectivity index (χ4v) is 2.55. The smallest absolute Gasteiger partial charge is 0.290 e. The molecule has 1 aromatic rings. The first kappa shape index (κ1) is 15.5. The molecular weight excluding hydrogens is 294 g/mol. The van der Waals surface area contributed by atoms with Gasteiger partial charge in [0.2, 0.25) is 0 Å². The van der Waals surface area contributed by atoms with Gasteiger partial charge in [0, 0.05) is 18.7 Å².